The van der Waals surface area contributed by atoms with E-state index in [4.69, 9.17) is 4.84 Å². The van der Waals surface area contributed by atoms with Gasteiger partial charge < -0.3 is 9.40 Å². The summed E-state index contributed by atoms with van der Waals surface area (Å²) in [5.74, 6) is -0.277. The van der Waals surface area contributed by atoms with Crippen LogP contribution in [-0.2, 0) is 18.0 Å². The number of halogens is 1. The molecule has 0 bridgehead atoms. The summed E-state index contributed by atoms with van der Waals surface area (Å²) in [5.41, 5.74) is 2.56. The maximum atomic E-state index is 13.1. The molecule has 0 saturated carbocycles. The van der Waals surface area contributed by atoms with E-state index >= 15 is 0 Å². The van der Waals surface area contributed by atoms with Gasteiger partial charge in [-0.15, -0.1) is 0 Å². The lowest BCUT2D eigenvalue weighted by Crippen LogP contribution is -2.11. The zero-order chi connectivity index (χ0) is 15.9. The Hall–Kier alpha value is -2.95. The predicted octanol–water partition coefficient (Wildman–Crippen LogP) is 3.64. The van der Waals surface area contributed by atoms with Crippen LogP contribution in [0.15, 0.2) is 78.5 Å². The van der Waals surface area contributed by atoms with Crippen LogP contribution in [0, 0.1) is 5.82 Å². The van der Waals surface area contributed by atoms with E-state index in [2.05, 4.69) is 10.1 Å². The Kier molecular flexibility index (Phi) is 4.79. The van der Waals surface area contributed by atoms with Crippen LogP contribution in [0.2, 0.25) is 0 Å². The molecule has 5 heteroatoms. The van der Waals surface area contributed by atoms with Crippen LogP contribution in [0.3, 0.4) is 0 Å². The van der Waals surface area contributed by atoms with Gasteiger partial charge in [-0.2, -0.15) is 0 Å². The summed E-state index contributed by atoms with van der Waals surface area (Å²) in [6, 6.07) is 16.0. The highest BCUT2D eigenvalue weighted by molar-refractivity contribution is 6.00. The molecular weight excluding hydrogens is 293 g/mol. The summed E-state index contributed by atoms with van der Waals surface area (Å²) in [5, 5.41) is 4.24. The SMILES string of the molecule is Fc1ccc(/C(Cn2ccnc2)=N/OCc2ccccc2)cc1. The van der Waals surface area contributed by atoms with Crippen molar-refractivity contribution in [2.45, 2.75) is 13.2 Å². The van der Waals surface area contributed by atoms with Gasteiger partial charge >= 0.3 is 0 Å². The largest absolute Gasteiger partial charge is 0.391 e. The number of nitrogens with zero attached hydrogens (tertiary/aromatic N) is 3. The standard InChI is InChI=1S/C18H16FN3O/c19-17-8-6-16(7-9-17)18(12-22-11-10-20-14-22)21-23-13-15-4-2-1-3-5-15/h1-11,14H,12-13H2/b21-18+. The number of aromatic nitrogens is 2. The van der Waals surface area contributed by atoms with Crippen molar-refractivity contribution in [3.8, 4) is 0 Å². The summed E-state index contributed by atoms with van der Waals surface area (Å²) in [6.45, 7) is 0.885. The lowest BCUT2D eigenvalue weighted by atomic mass is 10.1. The van der Waals surface area contributed by atoms with Crippen LogP contribution in [0.4, 0.5) is 4.39 Å². The molecule has 3 aromatic rings. The van der Waals surface area contributed by atoms with E-state index in [1.807, 2.05) is 41.1 Å². The second kappa shape index (κ2) is 7.35. The minimum absolute atomic E-state index is 0.277. The van der Waals surface area contributed by atoms with Crippen molar-refractivity contribution in [3.63, 3.8) is 0 Å². The minimum Gasteiger partial charge on any atom is -0.391 e. The van der Waals surface area contributed by atoms with Crippen molar-refractivity contribution >= 4 is 5.71 Å². The Morgan fingerprint density at radius 3 is 2.57 bits per heavy atom. The molecule has 0 aliphatic carbocycles. The lowest BCUT2D eigenvalue weighted by Gasteiger charge is -2.08. The molecular formula is C18H16FN3O. The first-order valence-corrected chi connectivity index (χ1v) is 7.26. The predicted molar refractivity (Wildman–Crippen MR) is 86.4 cm³/mol. The van der Waals surface area contributed by atoms with Gasteiger partial charge in [0.05, 0.1) is 12.9 Å². The smallest absolute Gasteiger partial charge is 0.142 e. The van der Waals surface area contributed by atoms with Gasteiger partial charge in [0.15, 0.2) is 0 Å². The quantitative estimate of drug-likeness (QED) is 0.515. The molecule has 3 rings (SSSR count). The van der Waals surface area contributed by atoms with E-state index in [-0.39, 0.29) is 5.82 Å². The Balaban J connectivity index is 1.76. The Morgan fingerprint density at radius 1 is 1.09 bits per heavy atom. The maximum Gasteiger partial charge on any atom is 0.142 e. The van der Waals surface area contributed by atoms with Crippen molar-refractivity contribution in [2.24, 2.45) is 5.16 Å². The molecule has 2 aromatic carbocycles. The van der Waals surface area contributed by atoms with Crippen LogP contribution in [0.5, 0.6) is 0 Å². The van der Waals surface area contributed by atoms with Gasteiger partial charge in [-0.1, -0.05) is 47.6 Å². The van der Waals surface area contributed by atoms with Crippen LogP contribution < -0.4 is 0 Å². The summed E-state index contributed by atoms with van der Waals surface area (Å²) in [7, 11) is 0. The second-order valence-corrected chi connectivity index (χ2v) is 5.04. The Morgan fingerprint density at radius 2 is 1.87 bits per heavy atom. The molecule has 0 N–H and O–H groups in total. The number of hydrogen-bond acceptors (Lipinski definition) is 3. The van der Waals surface area contributed by atoms with Crippen molar-refractivity contribution < 1.29 is 9.23 Å². The Labute approximate surface area is 133 Å². The minimum atomic E-state index is -0.277. The van der Waals surface area contributed by atoms with Crippen LogP contribution >= 0.6 is 0 Å². The number of hydrogen-bond donors (Lipinski definition) is 0. The molecule has 0 amide bonds. The van der Waals surface area contributed by atoms with Gasteiger partial charge in [0.2, 0.25) is 0 Å². The third kappa shape index (κ3) is 4.26. The monoisotopic (exact) mass is 309 g/mol. The number of benzene rings is 2. The van der Waals surface area contributed by atoms with Crippen molar-refractivity contribution in [3.05, 3.63) is 90.3 Å². The molecule has 0 radical (unpaired) electrons. The van der Waals surface area contributed by atoms with Gasteiger partial charge in [-0.05, 0) is 17.7 Å². The highest BCUT2D eigenvalue weighted by Crippen LogP contribution is 2.08. The maximum absolute atomic E-state index is 13.1. The molecule has 1 aromatic heterocycles. The topological polar surface area (TPSA) is 39.4 Å². The summed E-state index contributed by atoms with van der Waals surface area (Å²) in [4.78, 5) is 9.49. The highest BCUT2D eigenvalue weighted by Gasteiger charge is 2.06. The number of oxime groups is 1. The van der Waals surface area contributed by atoms with E-state index in [1.165, 1.54) is 12.1 Å². The molecule has 0 atom stereocenters. The van der Waals surface area contributed by atoms with Crippen molar-refractivity contribution in [2.75, 3.05) is 0 Å². The van der Waals surface area contributed by atoms with Gasteiger partial charge in [0, 0.05) is 18.0 Å². The fourth-order valence-electron chi connectivity index (χ4n) is 2.13. The second-order valence-electron chi connectivity index (χ2n) is 5.04. The average Bonchev–Trinajstić information content (AvgIpc) is 3.09. The zero-order valence-corrected chi connectivity index (χ0v) is 12.5. The fourth-order valence-corrected chi connectivity index (χ4v) is 2.13. The summed E-state index contributed by atoms with van der Waals surface area (Å²) >= 11 is 0. The van der Waals surface area contributed by atoms with Gasteiger partial charge in [-0.3, -0.25) is 0 Å². The average molecular weight is 309 g/mol. The number of imidazole rings is 1. The molecule has 0 unspecified atom stereocenters. The van der Waals surface area contributed by atoms with E-state index in [9.17, 15) is 4.39 Å². The van der Waals surface area contributed by atoms with Crippen LogP contribution in [0.1, 0.15) is 11.1 Å². The first-order valence-electron chi connectivity index (χ1n) is 7.26. The molecule has 0 saturated heterocycles. The van der Waals surface area contributed by atoms with Gasteiger partial charge in [0.1, 0.15) is 18.1 Å². The third-order valence-electron chi connectivity index (χ3n) is 3.32. The first-order chi connectivity index (χ1) is 11.3. The summed E-state index contributed by atoms with van der Waals surface area (Å²) in [6.07, 6.45) is 5.25. The number of rotatable bonds is 6. The first kappa shape index (κ1) is 15.0. The molecule has 0 fully saturated rings. The Bertz CT molecular complexity index is 753. The van der Waals surface area contributed by atoms with Crippen LogP contribution in [-0.4, -0.2) is 15.3 Å². The van der Waals surface area contributed by atoms with E-state index < -0.39 is 0 Å². The molecule has 116 valence electrons. The van der Waals surface area contributed by atoms with E-state index in [1.54, 1.807) is 24.7 Å². The fraction of sp³-hybridized carbons (Fsp3) is 0.111. The van der Waals surface area contributed by atoms with Crippen molar-refractivity contribution in [1.29, 1.82) is 0 Å². The molecule has 0 spiro atoms. The van der Waals surface area contributed by atoms with Crippen LogP contribution in [0.25, 0.3) is 0 Å². The normalized spacial score (nSPS) is 11.4. The van der Waals surface area contributed by atoms with Gasteiger partial charge in [0.25, 0.3) is 0 Å². The molecule has 0 aliphatic heterocycles. The van der Waals surface area contributed by atoms with Crippen molar-refractivity contribution in [1.82, 2.24) is 9.55 Å². The van der Waals surface area contributed by atoms with E-state index in [0.29, 0.717) is 18.9 Å². The molecule has 1 heterocycles. The molecule has 4 nitrogen and oxygen atoms in total. The summed E-state index contributed by atoms with van der Waals surface area (Å²) < 4.78 is 15.0. The molecule has 0 aliphatic rings. The lowest BCUT2D eigenvalue weighted by molar-refractivity contribution is 0.130. The third-order valence-corrected chi connectivity index (χ3v) is 3.32. The molecule has 23 heavy (non-hydrogen) atoms. The highest BCUT2D eigenvalue weighted by atomic mass is 19.1. The zero-order valence-electron chi connectivity index (χ0n) is 12.5. The van der Waals surface area contributed by atoms with Gasteiger partial charge in [-0.25, -0.2) is 9.37 Å². The van der Waals surface area contributed by atoms with E-state index in [0.717, 1.165) is 11.1 Å².